The number of carbonyl (C=O) groups is 5. The fourth-order valence-corrected chi connectivity index (χ4v) is 9.36. The number of aliphatic hydroxyl groups excluding tert-OH is 1. The van der Waals surface area contributed by atoms with Gasteiger partial charge in [0.05, 0.1) is 13.2 Å². The normalized spacial score (nSPS) is 27.6. The standard InChI is InChI=1S/C48H47N3O12/c1-46(2)28-58-44(56)41(46)60-36(53)20-19-29-11-9-13-31(23-29)27-51-39-43(55)59-35-25-47(39,45(57)50-26-30-12-10-14-32(24-30)42(54)49-21-22-52)40(63-51)38-37(35)61-48(62-38,33-15-5-3-6-16-33)34-17-7-4-8-18-34/h3-20,23-24,35,37-41,52H,21-22,25-28H2,1-2H3,(H,49,54)(H,50,57)/t35-,37+,38+,39+,40-,41+,47+/m1/s1. The number of fused-ring (bicyclic) bond motifs is 4. The van der Waals surface area contributed by atoms with Crippen molar-refractivity contribution < 1.29 is 57.6 Å². The van der Waals surface area contributed by atoms with Gasteiger partial charge in [-0.15, -0.1) is 0 Å². The zero-order valence-electron chi connectivity index (χ0n) is 34.6. The highest BCUT2D eigenvalue weighted by molar-refractivity contribution is 5.95. The molecule has 5 aliphatic rings. The highest BCUT2D eigenvalue weighted by atomic mass is 16.8. The van der Waals surface area contributed by atoms with Crippen LogP contribution in [-0.4, -0.2) is 96.2 Å². The highest BCUT2D eigenvalue weighted by Gasteiger charge is 2.76. The van der Waals surface area contributed by atoms with E-state index in [-0.39, 0.29) is 45.2 Å². The van der Waals surface area contributed by atoms with E-state index in [0.717, 1.165) is 0 Å². The number of benzene rings is 4. The van der Waals surface area contributed by atoms with Gasteiger partial charge in [-0.2, -0.15) is 5.06 Å². The second kappa shape index (κ2) is 16.8. The van der Waals surface area contributed by atoms with Crippen LogP contribution in [0.4, 0.5) is 0 Å². The third-order valence-corrected chi connectivity index (χ3v) is 12.4. The fourth-order valence-electron chi connectivity index (χ4n) is 9.36. The number of cyclic esters (lactones) is 1. The van der Waals surface area contributed by atoms with E-state index in [0.29, 0.717) is 33.4 Å². The SMILES string of the molecule is CC1(C)COC(=O)[C@@H]1OC(=O)C=Cc1cccc(CN2O[C@@H]3[C@H]4OC(c5ccccc5)(c5ccccc5)O[C@H]4[C@H]4C[C@]3(C(=O)NCc3cccc(C(=O)NCCO)c3)[C@@H]2C(=O)O4)c1. The van der Waals surface area contributed by atoms with Crippen molar-refractivity contribution in [1.82, 2.24) is 15.7 Å². The summed E-state index contributed by atoms with van der Waals surface area (Å²) < 4.78 is 30.8. The smallest absolute Gasteiger partial charge is 0.348 e. The summed E-state index contributed by atoms with van der Waals surface area (Å²) in [6, 6.07) is 31.7. The number of aliphatic hydroxyl groups is 1. The Morgan fingerprint density at radius 3 is 2.24 bits per heavy atom. The number of hydrogen-bond acceptors (Lipinski definition) is 13. The van der Waals surface area contributed by atoms with Gasteiger partial charge in [-0.1, -0.05) is 111 Å². The minimum Gasteiger partial charge on any atom is -0.462 e. The molecule has 4 heterocycles. The van der Waals surface area contributed by atoms with Crippen LogP contribution in [0.1, 0.15) is 58.4 Å². The molecule has 0 radical (unpaired) electrons. The van der Waals surface area contributed by atoms with Gasteiger partial charge >= 0.3 is 17.9 Å². The first-order valence-electron chi connectivity index (χ1n) is 20.9. The van der Waals surface area contributed by atoms with Gasteiger partial charge < -0.3 is 39.4 Å². The Labute approximate surface area is 363 Å². The molecule has 0 aromatic heterocycles. The van der Waals surface area contributed by atoms with E-state index in [1.54, 1.807) is 56.3 Å². The first kappa shape index (κ1) is 42.1. The van der Waals surface area contributed by atoms with Crippen LogP contribution in [-0.2, 0) is 66.6 Å². The van der Waals surface area contributed by atoms with Crippen LogP contribution in [0.3, 0.4) is 0 Å². The lowest BCUT2D eigenvalue weighted by Gasteiger charge is -2.48. The molecule has 5 fully saturated rings. The Balaban J connectivity index is 1.03. The summed E-state index contributed by atoms with van der Waals surface area (Å²) in [5, 5.41) is 16.4. The van der Waals surface area contributed by atoms with Gasteiger partial charge in [0, 0.05) is 47.7 Å². The largest absolute Gasteiger partial charge is 0.462 e. The van der Waals surface area contributed by atoms with Crippen molar-refractivity contribution >= 4 is 35.8 Å². The lowest BCUT2D eigenvalue weighted by molar-refractivity contribution is -0.213. The summed E-state index contributed by atoms with van der Waals surface area (Å²) in [7, 11) is 0. The van der Waals surface area contributed by atoms with Crippen molar-refractivity contribution in [3.8, 4) is 0 Å². The van der Waals surface area contributed by atoms with Crippen LogP contribution < -0.4 is 10.6 Å². The number of nitrogens with zero attached hydrogens (tertiary/aromatic N) is 1. The van der Waals surface area contributed by atoms with Crippen molar-refractivity contribution in [2.75, 3.05) is 19.8 Å². The Bertz CT molecular complexity index is 2400. The molecule has 4 aromatic carbocycles. The minimum absolute atomic E-state index is 0.0283. The molecule has 1 aliphatic carbocycles. The lowest BCUT2D eigenvalue weighted by Crippen LogP contribution is -2.69. The number of rotatable bonds is 13. The molecule has 4 aromatic rings. The van der Waals surface area contributed by atoms with E-state index >= 15 is 4.79 Å². The van der Waals surface area contributed by atoms with E-state index in [9.17, 15) is 24.3 Å². The lowest BCUT2D eigenvalue weighted by atomic mass is 9.62. The zero-order valence-corrected chi connectivity index (χ0v) is 34.6. The molecule has 326 valence electrons. The van der Waals surface area contributed by atoms with Gasteiger partial charge in [-0.25, -0.2) is 9.59 Å². The van der Waals surface area contributed by atoms with Crippen LogP contribution >= 0.6 is 0 Å². The Morgan fingerprint density at radius 2 is 1.54 bits per heavy atom. The Hall–Kier alpha value is -6.23. The summed E-state index contributed by atoms with van der Waals surface area (Å²) in [6.45, 7) is 3.67. The molecule has 1 saturated carbocycles. The van der Waals surface area contributed by atoms with Crippen LogP contribution in [0.5, 0.6) is 0 Å². The molecular weight excluding hydrogens is 811 g/mol. The molecule has 4 aliphatic heterocycles. The molecule has 2 bridgehead atoms. The average Bonchev–Trinajstić information content (AvgIpc) is 3.95. The number of ether oxygens (including phenoxy) is 5. The Morgan fingerprint density at radius 1 is 0.841 bits per heavy atom. The first-order valence-corrected chi connectivity index (χ1v) is 20.9. The topological polar surface area (TPSA) is 188 Å². The predicted molar refractivity (Wildman–Crippen MR) is 222 cm³/mol. The van der Waals surface area contributed by atoms with E-state index < -0.39 is 77.0 Å². The van der Waals surface area contributed by atoms with E-state index in [2.05, 4.69) is 10.6 Å². The molecule has 63 heavy (non-hydrogen) atoms. The number of nitrogens with one attached hydrogen (secondary N) is 2. The summed E-state index contributed by atoms with van der Waals surface area (Å²) >= 11 is 0. The van der Waals surface area contributed by atoms with Crippen molar-refractivity contribution in [1.29, 1.82) is 0 Å². The second-order valence-electron chi connectivity index (χ2n) is 17.1. The van der Waals surface area contributed by atoms with Crippen LogP contribution in [0.25, 0.3) is 6.08 Å². The Kier molecular flexibility index (Phi) is 11.2. The van der Waals surface area contributed by atoms with Gasteiger partial charge in [-0.05, 0) is 34.9 Å². The molecule has 9 rings (SSSR count). The summed E-state index contributed by atoms with van der Waals surface area (Å²) in [4.78, 5) is 74.0. The number of carbonyl (C=O) groups excluding carboxylic acids is 5. The summed E-state index contributed by atoms with van der Waals surface area (Å²) in [5.74, 6) is -4.21. The zero-order chi connectivity index (χ0) is 43.9. The van der Waals surface area contributed by atoms with Crippen molar-refractivity contribution in [3.63, 3.8) is 0 Å². The summed E-state index contributed by atoms with van der Waals surface area (Å²) in [5.41, 5.74) is 1.55. The van der Waals surface area contributed by atoms with E-state index in [1.807, 2.05) is 72.8 Å². The molecule has 7 atom stereocenters. The van der Waals surface area contributed by atoms with Gasteiger partial charge in [0.2, 0.25) is 17.8 Å². The number of amides is 2. The number of hydroxylamine groups is 2. The third-order valence-electron chi connectivity index (χ3n) is 12.4. The second-order valence-corrected chi connectivity index (χ2v) is 17.1. The van der Waals surface area contributed by atoms with E-state index in [4.69, 9.17) is 28.5 Å². The van der Waals surface area contributed by atoms with Gasteiger partial charge in [-0.3, -0.25) is 19.2 Å². The maximum absolute atomic E-state index is 15.0. The third kappa shape index (κ3) is 7.69. The summed E-state index contributed by atoms with van der Waals surface area (Å²) in [6.07, 6.45) is -1.76. The number of hydrogen-bond donors (Lipinski definition) is 3. The molecule has 2 amide bonds. The highest BCUT2D eigenvalue weighted by Crippen LogP contribution is 2.59. The van der Waals surface area contributed by atoms with Crippen molar-refractivity contribution in [3.05, 3.63) is 149 Å². The molecule has 0 unspecified atom stereocenters. The van der Waals surface area contributed by atoms with E-state index in [1.165, 1.54) is 11.1 Å². The molecular formula is C48H47N3O12. The maximum atomic E-state index is 15.0. The van der Waals surface area contributed by atoms with Crippen molar-refractivity contribution in [2.24, 2.45) is 10.8 Å². The predicted octanol–water partition coefficient (Wildman–Crippen LogP) is 3.72. The van der Waals surface area contributed by atoms with Crippen LogP contribution in [0, 0.1) is 10.8 Å². The average molecular weight is 858 g/mol. The molecule has 15 heteroatoms. The minimum atomic E-state index is -1.51. The fraction of sp³-hybridized carbons (Fsp3) is 0.354. The first-order chi connectivity index (χ1) is 30.4. The molecule has 0 spiro atoms. The molecule has 4 saturated heterocycles. The molecule has 15 nitrogen and oxygen atoms in total. The van der Waals surface area contributed by atoms with Gasteiger partial charge in [0.15, 0.2) is 6.04 Å². The van der Waals surface area contributed by atoms with Crippen LogP contribution in [0.2, 0.25) is 0 Å². The monoisotopic (exact) mass is 857 g/mol. The van der Waals surface area contributed by atoms with Gasteiger partial charge in [0.25, 0.3) is 5.91 Å². The maximum Gasteiger partial charge on any atom is 0.348 e. The quantitative estimate of drug-likeness (QED) is 0.100. The van der Waals surface area contributed by atoms with Crippen LogP contribution in [0.15, 0.2) is 115 Å². The molecule has 3 N–H and O–H groups in total. The van der Waals surface area contributed by atoms with Crippen molar-refractivity contribution in [2.45, 2.75) is 75.7 Å². The van der Waals surface area contributed by atoms with Gasteiger partial charge in [0.1, 0.15) is 36.4 Å². The number of esters is 3.